The van der Waals surface area contributed by atoms with Gasteiger partial charge < -0.3 is 19.8 Å². The highest BCUT2D eigenvalue weighted by atomic mass is 16.5. The zero-order chi connectivity index (χ0) is 21.6. The summed E-state index contributed by atoms with van der Waals surface area (Å²) in [7, 11) is 1.61. The van der Waals surface area contributed by atoms with Crippen LogP contribution in [0.2, 0.25) is 0 Å². The third-order valence-corrected chi connectivity index (χ3v) is 4.79. The second-order valence-corrected chi connectivity index (χ2v) is 6.79. The second-order valence-electron chi connectivity index (χ2n) is 6.79. The first-order valence-corrected chi connectivity index (χ1v) is 9.80. The predicted molar refractivity (Wildman–Crippen MR) is 117 cm³/mol. The van der Waals surface area contributed by atoms with Crippen molar-refractivity contribution in [2.45, 2.75) is 0 Å². The van der Waals surface area contributed by atoms with E-state index >= 15 is 0 Å². The van der Waals surface area contributed by atoms with Gasteiger partial charge in [-0.25, -0.2) is 4.98 Å². The number of carbonyl (C=O) groups is 2. The Morgan fingerprint density at radius 3 is 2.39 bits per heavy atom. The van der Waals surface area contributed by atoms with Gasteiger partial charge in [0.2, 0.25) is 0 Å². The van der Waals surface area contributed by atoms with Crippen LogP contribution in [0.1, 0.15) is 20.9 Å². The molecule has 0 aliphatic carbocycles. The van der Waals surface area contributed by atoms with E-state index < -0.39 is 0 Å². The third kappa shape index (κ3) is 4.56. The monoisotopic (exact) mass is 415 g/mol. The van der Waals surface area contributed by atoms with Crippen LogP contribution < -0.4 is 15.4 Å². The zero-order valence-electron chi connectivity index (χ0n) is 16.9. The molecule has 2 amide bonds. The molecule has 0 unspecified atom stereocenters. The fourth-order valence-electron chi connectivity index (χ4n) is 3.22. The summed E-state index contributed by atoms with van der Waals surface area (Å²) >= 11 is 0. The number of hydrogen-bond acceptors (Lipinski definition) is 5. The van der Waals surface area contributed by atoms with Crippen LogP contribution in [-0.4, -0.2) is 37.0 Å². The number of fused-ring (bicyclic) bond motifs is 1. The van der Waals surface area contributed by atoms with Gasteiger partial charge in [0.05, 0.1) is 30.1 Å². The van der Waals surface area contributed by atoms with Crippen LogP contribution in [0.3, 0.4) is 0 Å². The van der Waals surface area contributed by atoms with Crippen LogP contribution in [0.25, 0.3) is 22.2 Å². The summed E-state index contributed by atoms with van der Waals surface area (Å²) in [5, 5.41) is 6.32. The smallest absolute Gasteiger partial charge is 0.287 e. The molecule has 7 heteroatoms. The minimum Gasteiger partial charge on any atom is -0.497 e. The molecule has 0 aliphatic heterocycles. The molecule has 2 aromatic carbocycles. The van der Waals surface area contributed by atoms with E-state index in [-0.39, 0.29) is 30.7 Å². The highest BCUT2D eigenvalue weighted by Crippen LogP contribution is 2.26. The highest BCUT2D eigenvalue weighted by molar-refractivity contribution is 6.07. The molecule has 156 valence electrons. The maximum absolute atomic E-state index is 12.9. The van der Waals surface area contributed by atoms with Crippen LogP contribution in [0.4, 0.5) is 0 Å². The van der Waals surface area contributed by atoms with Crippen LogP contribution >= 0.6 is 0 Å². The van der Waals surface area contributed by atoms with E-state index in [0.717, 1.165) is 22.2 Å². The van der Waals surface area contributed by atoms with Crippen LogP contribution in [0, 0.1) is 0 Å². The van der Waals surface area contributed by atoms with Gasteiger partial charge in [-0.15, -0.1) is 0 Å². The van der Waals surface area contributed by atoms with Gasteiger partial charge >= 0.3 is 0 Å². The number of nitrogens with zero attached hydrogens (tertiary/aromatic N) is 1. The molecule has 2 aromatic heterocycles. The van der Waals surface area contributed by atoms with Gasteiger partial charge in [-0.2, -0.15) is 0 Å². The Balaban J connectivity index is 1.51. The SMILES string of the molecule is COc1ccc(-c2cc(C(=O)NCCNC(=O)c3ccco3)c3ccccc3n2)cc1. The molecule has 2 heterocycles. The quantitative estimate of drug-likeness (QED) is 0.449. The summed E-state index contributed by atoms with van der Waals surface area (Å²) in [6.45, 7) is 0.555. The number of furan rings is 1. The number of benzene rings is 2. The average molecular weight is 415 g/mol. The van der Waals surface area contributed by atoms with Crippen molar-refractivity contribution in [3.63, 3.8) is 0 Å². The fraction of sp³-hybridized carbons (Fsp3) is 0.125. The maximum Gasteiger partial charge on any atom is 0.287 e. The molecule has 0 bridgehead atoms. The second kappa shape index (κ2) is 9.13. The number of methoxy groups -OCH3 is 1. The van der Waals surface area contributed by atoms with Crippen molar-refractivity contribution in [2.24, 2.45) is 0 Å². The Morgan fingerprint density at radius 2 is 1.68 bits per heavy atom. The van der Waals surface area contributed by atoms with Gasteiger partial charge in [0.15, 0.2) is 5.76 Å². The zero-order valence-corrected chi connectivity index (χ0v) is 16.9. The van der Waals surface area contributed by atoms with E-state index in [2.05, 4.69) is 10.6 Å². The topological polar surface area (TPSA) is 93.5 Å². The van der Waals surface area contributed by atoms with Crippen LogP contribution in [-0.2, 0) is 0 Å². The molecule has 4 aromatic rings. The largest absolute Gasteiger partial charge is 0.497 e. The molecule has 0 atom stereocenters. The number of ether oxygens (including phenoxy) is 1. The number of hydrogen-bond donors (Lipinski definition) is 2. The van der Waals surface area contributed by atoms with Crippen LogP contribution in [0.5, 0.6) is 5.75 Å². The molecule has 4 rings (SSSR count). The number of nitrogens with one attached hydrogen (secondary N) is 2. The number of rotatable bonds is 7. The maximum atomic E-state index is 12.9. The fourth-order valence-corrected chi connectivity index (χ4v) is 3.22. The normalized spacial score (nSPS) is 10.6. The first kappa shape index (κ1) is 20.2. The molecule has 0 fully saturated rings. The lowest BCUT2D eigenvalue weighted by molar-refractivity contribution is 0.0911. The summed E-state index contributed by atoms with van der Waals surface area (Å²) in [6, 6.07) is 20.0. The molecule has 0 radical (unpaired) electrons. The Bertz CT molecular complexity index is 1200. The van der Waals surface area contributed by atoms with E-state index in [0.29, 0.717) is 11.3 Å². The lowest BCUT2D eigenvalue weighted by Crippen LogP contribution is -2.34. The Kier molecular flexibility index (Phi) is 5.93. The highest BCUT2D eigenvalue weighted by Gasteiger charge is 2.14. The lowest BCUT2D eigenvalue weighted by Gasteiger charge is -2.11. The molecule has 0 aliphatic rings. The predicted octanol–water partition coefficient (Wildman–Crippen LogP) is 3.66. The average Bonchev–Trinajstić information content (AvgIpc) is 3.36. The summed E-state index contributed by atoms with van der Waals surface area (Å²) in [6.07, 6.45) is 1.44. The van der Waals surface area contributed by atoms with Crippen LogP contribution in [0.15, 0.2) is 77.4 Å². The Hall–Kier alpha value is -4.13. The van der Waals surface area contributed by atoms with Gasteiger partial charge in [0, 0.05) is 24.0 Å². The molecular formula is C24H21N3O4. The first-order valence-electron chi connectivity index (χ1n) is 9.80. The van der Waals surface area contributed by atoms with Crippen molar-refractivity contribution in [3.05, 3.63) is 84.3 Å². The van der Waals surface area contributed by atoms with Gasteiger partial charge in [0.1, 0.15) is 5.75 Å². The minimum absolute atomic E-state index is 0.232. The number of pyridine rings is 1. The van der Waals surface area contributed by atoms with Crippen molar-refractivity contribution in [1.29, 1.82) is 0 Å². The van der Waals surface area contributed by atoms with Crippen molar-refractivity contribution in [1.82, 2.24) is 15.6 Å². The van der Waals surface area contributed by atoms with E-state index in [1.165, 1.54) is 6.26 Å². The summed E-state index contributed by atoms with van der Waals surface area (Å²) in [4.78, 5) is 29.5. The number of aromatic nitrogens is 1. The Morgan fingerprint density at radius 1 is 0.935 bits per heavy atom. The van der Waals surface area contributed by atoms with Gasteiger partial charge in [-0.1, -0.05) is 18.2 Å². The molecule has 7 nitrogen and oxygen atoms in total. The van der Waals surface area contributed by atoms with E-state index in [4.69, 9.17) is 14.1 Å². The molecule has 0 saturated carbocycles. The van der Waals surface area contributed by atoms with E-state index in [1.807, 2.05) is 48.5 Å². The number of amides is 2. The van der Waals surface area contributed by atoms with Crippen molar-refractivity contribution in [2.75, 3.05) is 20.2 Å². The van der Waals surface area contributed by atoms with E-state index in [9.17, 15) is 9.59 Å². The number of carbonyl (C=O) groups excluding carboxylic acids is 2. The van der Waals surface area contributed by atoms with E-state index in [1.54, 1.807) is 25.3 Å². The number of para-hydroxylation sites is 1. The summed E-state index contributed by atoms with van der Waals surface area (Å²) in [5.74, 6) is 0.422. The molecule has 31 heavy (non-hydrogen) atoms. The first-order chi connectivity index (χ1) is 15.2. The van der Waals surface area contributed by atoms with Crippen molar-refractivity contribution < 1.29 is 18.7 Å². The molecule has 0 saturated heterocycles. The van der Waals surface area contributed by atoms with Crippen molar-refractivity contribution >= 4 is 22.7 Å². The third-order valence-electron chi connectivity index (χ3n) is 4.79. The summed E-state index contributed by atoms with van der Waals surface area (Å²) < 4.78 is 10.3. The van der Waals surface area contributed by atoms with Gasteiger partial charge in [-0.05, 0) is 48.5 Å². The standard InChI is InChI=1S/C24H21N3O4/c1-30-17-10-8-16(9-11-17)21-15-19(18-5-2-3-6-20(18)27-21)23(28)25-12-13-26-24(29)22-7-4-14-31-22/h2-11,14-15H,12-13H2,1H3,(H,25,28)(H,26,29). The molecule has 0 spiro atoms. The Labute approximate surface area is 179 Å². The minimum atomic E-state index is -0.324. The lowest BCUT2D eigenvalue weighted by atomic mass is 10.0. The summed E-state index contributed by atoms with van der Waals surface area (Å²) in [5.41, 5.74) is 2.82. The van der Waals surface area contributed by atoms with Crippen molar-refractivity contribution in [3.8, 4) is 17.0 Å². The molecule has 2 N–H and O–H groups in total. The van der Waals surface area contributed by atoms with Gasteiger partial charge in [0.25, 0.3) is 11.8 Å². The molecular weight excluding hydrogens is 394 g/mol. The van der Waals surface area contributed by atoms with Gasteiger partial charge in [-0.3, -0.25) is 9.59 Å².